The number of nitrogens with one attached hydrogen (secondary N) is 10. The predicted octanol–water partition coefficient (Wildman–Crippen LogP) is -0.259. The molecule has 49 heavy (non-hydrogen) atoms. The van der Waals surface area contributed by atoms with Gasteiger partial charge in [-0.2, -0.15) is 0 Å². The first-order chi connectivity index (χ1) is 24.2. The third kappa shape index (κ3) is 18.2. The zero-order valence-corrected chi connectivity index (χ0v) is 32.2. The minimum atomic E-state index is 0.220. The summed E-state index contributed by atoms with van der Waals surface area (Å²) >= 11 is 0. The van der Waals surface area contributed by atoms with Gasteiger partial charge in [0.05, 0.1) is 6.61 Å². The summed E-state index contributed by atoms with van der Waals surface area (Å²) in [5.74, 6) is 1.51. The fraction of sp³-hybridized carbons (Fsp3) is 1.00. The van der Waals surface area contributed by atoms with Crippen LogP contribution in [0, 0.1) is 11.8 Å². The van der Waals surface area contributed by atoms with Crippen molar-refractivity contribution in [3.8, 4) is 0 Å². The Morgan fingerprint density at radius 1 is 0.653 bits per heavy atom. The summed E-state index contributed by atoms with van der Waals surface area (Å²) in [6.45, 7) is 29.4. The summed E-state index contributed by atoms with van der Waals surface area (Å²) in [4.78, 5) is 2.62. The lowest BCUT2D eigenvalue weighted by Crippen LogP contribution is -2.58. The molecule has 0 radical (unpaired) electrons. The lowest BCUT2D eigenvalue weighted by Gasteiger charge is -2.42. The first kappa shape index (κ1) is 42.9. The number of hydrogen-bond acceptors (Lipinski definition) is 12. The van der Waals surface area contributed by atoms with Crippen LogP contribution in [0.3, 0.4) is 0 Å². The normalized spacial score (nSPS) is 31.3. The van der Waals surface area contributed by atoms with Crippen molar-refractivity contribution in [3.63, 3.8) is 0 Å². The molecular weight excluding hydrogens is 614 g/mol. The van der Waals surface area contributed by atoms with Gasteiger partial charge in [-0.3, -0.25) is 4.90 Å². The monoisotopic (exact) mass is 696 g/mol. The summed E-state index contributed by atoms with van der Waals surface area (Å²) < 4.78 is 5.95. The molecule has 1 spiro atoms. The Hall–Kier alpha value is -0.480. The quantitative estimate of drug-likeness (QED) is 0.168. The minimum absolute atomic E-state index is 0.220. The molecule has 2 saturated heterocycles. The SMILES string of the molecule is CCCOCC1CNCCNCCNCCNC2(CCCC2[C@@H](C)CC)CNCCNCCCNCCNCCNCCN2CCC2CN1. The van der Waals surface area contributed by atoms with Crippen LogP contribution in [0.15, 0.2) is 0 Å². The van der Waals surface area contributed by atoms with Gasteiger partial charge in [0.15, 0.2) is 0 Å². The predicted molar refractivity (Wildman–Crippen MR) is 208 cm³/mol. The third-order valence-corrected chi connectivity index (χ3v) is 11.0. The van der Waals surface area contributed by atoms with Crippen molar-refractivity contribution in [1.29, 1.82) is 0 Å². The minimum Gasteiger partial charge on any atom is -0.380 e. The van der Waals surface area contributed by atoms with Gasteiger partial charge in [-0.1, -0.05) is 33.6 Å². The molecule has 2 aliphatic heterocycles. The van der Waals surface area contributed by atoms with E-state index >= 15 is 0 Å². The van der Waals surface area contributed by atoms with Gasteiger partial charge in [-0.25, -0.2) is 0 Å². The molecule has 12 nitrogen and oxygen atoms in total. The van der Waals surface area contributed by atoms with E-state index in [9.17, 15) is 0 Å². The van der Waals surface area contributed by atoms with E-state index in [0.717, 1.165) is 156 Å². The first-order valence-electron chi connectivity index (χ1n) is 20.6. The average molecular weight is 696 g/mol. The maximum atomic E-state index is 5.95. The number of nitrogens with zero attached hydrogens (tertiary/aromatic N) is 1. The lowest BCUT2D eigenvalue weighted by molar-refractivity contribution is 0.0758. The van der Waals surface area contributed by atoms with Gasteiger partial charge in [-0.05, 0) is 57.0 Å². The van der Waals surface area contributed by atoms with Crippen molar-refractivity contribution in [2.24, 2.45) is 11.8 Å². The van der Waals surface area contributed by atoms with Gasteiger partial charge >= 0.3 is 0 Å². The Balaban J connectivity index is 1.40. The maximum Gasteiger partial charge on any atom is 0.0632 e. The highest BCUT2D eigenvalue weighted by Gasteiger charge is 2.43. The van der Waals surface area contributed by atoms with Crippen LogP contribution in [0.4, 0.5) is 0 Å². The summed E-state index contributed by atoms with van der Waals surface area (Å²) in [5.41, 5.74) is 0.220. The van der Waals surface area contributed by atoms with E-state index in [1.807, 2.05) is 0 Å². The van der Waals surface area contributed by atoms with E-state index in [1.165, 1.54) is 45.1 Å². The summed E-state index contributed by atoms with van der Waals surface area (Å²) in [5, 5.41) is 37.1. The molecule has 3 rings (SSSR count). The van der Waals surface area contributed by atoms with E-state index in [0.29, 0.717) is 12.1 Å². The summed E-state index contributed by atoms with van der Waals surface area (Å²) in [6.07, 6.45) is 8.77. The Morgan fingerprint density at radius 3 is 1.90 bits per heavy atom. The third-order valence-electron chi connectivity index (χ3n) is 11.0. The maximum absolute atomic E-state index is 5.95. The van der Waals surface area contributed by atoms with E-state index < -0.39 is 0 Å². The molecule has 0 aromatic rings. The van der Waals surface area contributed by atoms with Crippen LogP contribution in [0.2, 0.25) is 0 Å². The van der Waals surface area contributed by atoms with Gasteiger partial charge in [0, 0.05) is 142 Å². The van der Waals surface area contributed by atoms with Crippen molar-refractivity contribution in [2.45, 2.75) is 83.3 Å². The van der Waals surface area contributed by atoms with Gasteiger partial charge in [-0.15, -0.1) is 0 Å². The molecule has 3 fully saturated rings. The molecule has 4 unspecified atom stereocenters. The van der Waals surface area contributed by atoms with Crippen LogP contribution in [0.25, 0.3) is 0 Å². The number of fused-ring (bicyclic) bond motifs is 1. The molecule has 0 aromatic carbocycles. The number of rotatable bonds is 6. The Bertz CT molecular complexity index is 768. The Morgan fingerprint density at radius 2 is 1.27 bits per heavy atom. The molecule has 12 heteroatoms. The molecule has 0 amide bonds. The number of ether oxygens (including phenoxy) is 1. The smallest absolute Gasteiger partial charge is 0.0632 e. The fourth-order valence-electron chi connectivity index (χ4n) is 7.78. The second-order valence-corrected chi connectivity index (χ2v) is 14.9. The lowest BCUT2D eigenvalue weighted by atomic mass is 9.77. The fourth-order valence-corrected chi connectivity index (χ4v) is 7.78. The second kappa shape index (κ2) is 28.1. The Kier molecular flexibility index (Phi) is 24.6. The van der Waals surface area contributed by atoms with Crippen LogP contribution in [-0.2, 0) is 4.74 Å². The van der Waals surface area contributed by atoms with Gasteiger partial charge in [0.1, 0.15) is 0 Å². The zero-order chi connectivity index (χ0) is 34.7. The van der Waals surface area contributed by atoms with Crippen LogP contribution in [0.5, 0.6) is 0 Å². The molecule has 290 valence electrons. The molecule has 10 N–H and O–H groups in total. The first-order valence-corrected chi connectivity index (χ1v) is 20.6. The van der Waals surface area contributed by atoms with Crippen LogP contribution in [-0.4, -0.2) is 167 Å². The molecule has 1 saturated carbocycles. The Labute approximate surface area is 301 Å². The highest BCUT2D eigenvalue weighted by atomic mass is 16.5. The highest BCUT2D eigenvalue weighted by Crippen LogP contribution is 2.41. The average Bonchev–Trinajstić information content (AvgIpc) is 3.52. The van der Waals surface area contributed by atoms with E-state index in [2.05, 4.69) is 78.8 Å². The molecule has 5 atom stereocenters. The van der Waals surface area contributed by atoms with Crippen molar-refractivity contribution in [1.82, 2.24) is 58.1 Å². The standard InChI is InChI=1S/C37H81N11O/c1-4-28-49-31-34-29-44-21-19-41-15-16-42-23-24-47-37(10-6-8-36(37)33(3)5-2)32-45-22-20-39-12-7-11-38-13-14-40-17-18-43-25-27-48-26-9-35(48)30-46-34/h33-36,38-47H,4-32H2,1-3H3/t33-,34?,35?,36?,37?/m0/s1. The van der Waals surface area contributed by atoms with E-state index in [-0.39, 0.29) is 5.54 Å². The molecule has 1 aliphatic carbocycles. The molecular formula is C37H81N11O. The zero-order valence-electron chi connectivity index (χ0n) is 32.2. The van der Waals surface area contributed by atoms with Crippen molar-refractivity contribution < 1.29 is 4.74 Å². The van der Waals surface area contributed by atoms with Gasteiger partial charge in [0.25, 0.3) is 0 Å². The van der Waals surface area contributed by atoms with Crippen molar-refractivity contribution in [2.75, 3.05) is 144 Å². The van der Waals surface area contributed by atoms with Crippen molar-refractivity contribution in [3.05, 3.63) is 0 Å². The van der Waals surface area contributed by atoms with E-state index in [4.69, 9.17) is 4.74 Å². The topological polar surface area (TPSA) is 133 Å². The summed E-state index contributed by atoms with van der Waals surface area (Å²) in [6, 6.07) is 0.989. The van der Waals surface area contributed by atoms with Crippen molar-refractivity contribution >= 4 is 0 Å². The number of hydrogen-bond donors (Lipinski definition) is 10. The summed E-state index contributed by atoms with van der Waals surface area (Å²) in [7, 11) is 0. The van der Waals surface area contributed by atoms with Crippen LogP contribution >= 0.6 is 0 Å². The van der Waals surface area contributed by atoms with Gasteiger partial charge < -0.3 is 57.9 Å². The van der Waals surface area contributed by atoms with Gasteiger partial charge in [0.2, 0.25) is 0 Å². The second-order valence-electron chi connectivity index (χ2n) is 14.9. The molecule has 0 bridgehead atoms. The molecule has 3 aliphatic rings. The van der Waals surface area contributed by atoms with Crippen LogP contribution in [0.1, 0.15) is 65.7 Å². The highest BCUT2D eigenvalue weighted by molar-refractivity contribution is 5.02. The largest absolute Gasteiger partial charge is 0.380 e. The molecule has 0 aromatic heterocycles. The van der Waals surface area contributed by atoms with Crippen LogP contribution < -0.4 is 53.2 Å². The van der Waals surface area contributed by atoms with E-state index in [1.54, 1.807) is 0 Å². The molecule has 2 heterocycles.